The highest BCUT2D eigenvalue weighted by Crippen LogP contribution is 2.66. The standard InChI is InChI=1S/C53H31N5S/c1-4-18-32(19-5-1)49-55-50(33-20-6-2-7-21-33)57-52(56-49)58-42-31-17-13-27-38(42)44-46-48(59-51(54-46)34-22-8-3-9-23-34)43-37-26-12-16-30-41(37)53(45(43)47(44)58)39-28-14-10-24-35(39)36-25-11-15-29-40(36)53/h1-31H. The molecule has 5 nitrogen and oxygen atoms in total. The maximum atomic E-state index is 5.60. The maximum Gasteiger partial charge on any atom is 0.238 e. The van der Waals surface area contributed by atoms with Crippen LogP contribution < -0.4 is 0 Å². The van der Waals surface area contributed by atoms with Crippen molar-refractivity contribution in [2.45, 2.75) is 5.41 Å². The van der Waals surface area contributed by atoms with E-state index in [2.05, 4.69) is 156 Å². The van der Waals surface area contributed by atoms with Crippen molar-refractivity contribution in [3.8, 4) is 61.5 Å². The maximum absolute atomic E-state index is 5.60. The highest BCUT2D eigenvalue weighted by atomic mass is 32.1. The number of fused-ring (bicyclic) bond motifs is 17. The zero-order valence-corrected chi connectivity index (χ0v) is 32.4. The van der Waals surface area contributed by atoms with E-state index in [0.29, 0.717) is 17.6 Å². The molecule has 0 N–H and O–H groups in total. The Kier molecular flexibility index (Phi) is 6.74. The van der Waals surface area contributed by atoms with E-state index in [1.807, 2.05) is 36.4 Å². The Bertz CT molecular complexity index is 3390. The summed E-state index contributed by atoms with van der Waals surface area (Å²) in [4.78, 5) is 21.5. The van der Waals surface area contributed by atoms with E-state index < -0.39 is 5.41 Å². The van der Waals surface area contributed by atoms with E-state index in [4.69, 9.17) is 19.9 Å². The molecule has 0 saturated heterocycles. The summed E-state index contributed by atoms with van der Waals surface area (Å²) in [5.41, 5.74) is 15.4. The van der Waals surface area contributed by atoms with Crippen molar-refractivity contribution in [2.75, 3.05) is 0 Å². The largest absolute Gasteiger partial charge is 0.277 e. The second kappa shape index (κ2) is 12.2. The lowest BCUT2D eigenvalue weighted by Gasteiger charge is -2.31. The van der Waals surface area contributed by atoms with Crippen molar-refractivity contribution in [3.63, 3.8) is 0 Å². The lowest BCUT2D eigenvalue weighted by Crippen LogP contribution is -2.26. The van der Waals surface area contributed by atoms with Gasteiger partial charge >= 0.3 is 0 Å². The van der Waals surface area contributed by atoms with Crippen LogP contribution in [0.1, 0.15) is 22.3 Å². The van der Waals surface area contributed by atoms with E-state index in [1.54, 1.807) is 11.3 Å². The van der Waals surface area contributed by atoms with Gasteiger partial charge in [0.25, 0.3) is 0 Å². The Balaban J connectivity index is 1.28. The molecule has 0 bridgehead atoms. The molecule has 2 aliphatic rings. The van der Waals surface area contributed by atoms with Crippen molar-refractivity contribution < 1.29 is 0 Å². The highest BCUT2D eigenvalue weighted by Gasteiger charge is 2.54. The van der Waals surface area contributed by atoms with E-state index in [0.717, 1.165) is 49.0 Å². The zero-order chi connectivity index (χ0) is 38.7. The fourth-order valence-corrected chi connectivity index (χ4v) is 11.1. The monoisotopic (exact) mass is 769 g/mol. The van der Waals surface area contributed by atoms with Crippen molar-refractivity contribution in [2.24, 2.45) is 0 Å². The molecule has 274 valence electrons. The quantitative estimate of drug-likeness (QED) is 0.179. The van der Waals surface area contributed by atoms with Gasteiger partial charge in [-0.2, -0.15) is 9.97 Å². The van der Waals surface area contributed by atoms with Crippen LogP contribution in [0.3, 0.4) is 0 Å². The van der Waals surface area contributed by atoms with Crippen molar-refractivity contribution in [1.29, 1.82) is 0 Å². The molecule has 1 spiro atoms. The molecule has 0 fully saturated rings. The van der Waals surface area contributed by atoms with Crippen LogP contribution in [0.5, 0.6) is 0 Å². The number of benzene rings is 8. The van der Waals surface area contributed by atoms with Crippen LogP contribution in [-0.4, -0.2) is 24.5 Å². The van der Waals surface area contributed by atoms with Crippen LogP contribution in [0.25, 0.3) is 93.6 Å². The minimum absolute atomic E-state index is 0.564. The van der Waals surface area contributed by atoms with Crippen LogP contribution >= 0.6 is 11.3 Å². The Labute approximate surface area is 343 Å². The Hall–Kier alpha value is -7.54. The number of para-hydroxylation sites is 1. The molecule has 59 heavy (non-hydrogen) atoms. The smallest absolute Gasteiger partial charge is 0.238 e. The average Bonchev–Trinajstić information content (AvgIpc) is 4.06. The predicted molar refractivity (Wildman–Crippen MR) is 240 cm³/mol. The topological polar surface area (TPSA) is 56.5 Å². The molecule has 13 rings (SSSR count). The van der Waals surface area contributed by atoms with Crippen molar-refractivity contribution in [1.82, 2.24) is 24.5 Å². The lowest BCUT2D eigenvalue weighted by molar-refractivity contribution is 0.795. The van der Waals surface area contributed by atoms with Crippen molar-refractivity contribution >= 4 is 43.4 Å². The second-order valence-electron chi connectivity index (χ2n) is 15.3. The van der Waals surface area contributed by atoms with Crippen LogP contribution in [0.15, 0.2) is 188 Å². The Morgan fingerprint density at radius 3 is 1.54 bits per heavy atom. The van der Waals surface area contributed by atoms with Gasteiger partial charge in [-0.3, -0.25) is 4.57 Å². The molecular weight excluding hydrogens is 739 g/mol. The average molecular weight is 770 g/mol. The first-order valence-electron chi connectivity index (χ1n) is 19.9. The molecule has 11 aromatic rings. The number of aromatic nitrogens is 5. The summed E-state index contributed by atoms with van der Waals surface area (Å²) in [5.74, 6) is 1.80. The molecule has 0 atom stereocenters. The lowest BCUT2D eigenvalue weighted by atomic mass is 9.70. The number of rotatable bonds is 4. The molecule has 3 heterocycles. The normalized spacial score (nSPS) is 13.2. The minimum atomic E-state index is -0.633. The molecule has 3 aromatic heterocycles. The number of nitrogens with zero attached hydrogens (tertiary/aromatic N) is 5. The van der Waals surface area contributed by atoms with Crippen LogP contribution in [-0.2, 0) is 5.41 Å². The first-order valence-corrected chi connectivity index (χ1v) is 20.7. The SMILES string of the molecule is c1ccc(-c2nc(-c3ccccc3)nc(-n3c4ccccc4c4c5nc(-c6ccccc6)sc5c5c(c43)C3(c4ccccc4-c4ccccc43)c3ccccc3-5)n2)cc1. The summed E-state index contributed by atoms with van der Waals surface area (Å²) in [7, 11) is 0. The van der Waals surface area contributed by atoms with Crippen LogP contribution in [0, 0.1) is 0 Å². The summed E-state index contributed by atoms with van der Waals surface area (Å²) in [5, 5.41) is 3.20. The fraction of sp³-hybridized carbons (Fsp3) is 0.0189. The van der Waals surface area contributed by atoms with Crippen molar-refractivity contribution in [3.05, 3.63) is 210 Å². The van der Waals surface area contributed by atoms with Gasteiger partial charge < -0.3 is 0 Å². The van der Waals surface area contributed by atoms with Gasteiger partial charge in [-0.15, -0.1) is 11.3 Å². The minimum Gasteiger partial charge on any atom is -0.277 e. The molecule has 8 aromatic carbocycles. The molecular formula is C53H31N5S. The van der Waals surface area contributed by atoms with E-state index in [1.165, 1.54) is 49.2 Å². The van der Waals surface area contributed by atoms with Gasteiger partial charge in [-0.1, -0.05) is 182 Å². The Morgan fingerprint density at radius 1 is 0.441 bits per heavy atom. The molecule has 0 amide bonds. The van der Waals surface area contributed by atoms with Gasteiger partial charge in [0, 0.05) is 38.6 Å². The van der Waals surface area contributed by atoms with Gasteiger partial charge in [0.15, 0.2) is 11.6 Å². The van der Waals surface area contributed by atoms with E-state index in [-0.39, 0.29) is 0 Å². The van der Waals surface area contributed by atoms with Gasteiger partial charge in [0.1, 0.15) is 5.01 Å². The molecule has 2 aliphatic carbocycles. The third-order valence-corrected chi connectivity index (χ3v) is 13.4. The van der Waals surface area contributed by atoms with E-state index in [9.17, 15) is 0 Å². The molecule has 6 heteroatoms. The Morgan fingerprint density at radius 2 is 0.932 bits per heavy atom. The highest BCUT2D eigenvalue weighted by molar-refractivity contribution is 7.22. The zero-order valence-electron chi connectivity index (χ0n) is 31.5. The van der Waals surface area contributed by atoms with Gasteiger partial charge in [-0.05, 0) is 39.4 Å². The predicted octanol–water partition coefficient (Wildman–Crippen LogP) is 12.9. The number of hydrogen-bond donors (Lipinski definition) is 0. The van der Waals surface area contributed by atoms with Gasteiger partial charge in [-0.25, -0.2) is 9.97 Å². The summed E-state index contributed by atoms with van der Waals surface area (Å²) in [6.45, 7) is 0. The first-order chi connectivity index (χ1) is 29.3. The third kappa shape index (κ3) is 4.38. The number of thiazole rings is 1. The molecule has 0 unspecified atom stereocenters. The summed E-state index contributed by atoms with van der Waals surface area (Å²) >= 11 is 1.79. The van der Waals surface area contributed by atoms with Gasteiger partial charge in [0.05, 0.1) is 26.7 Å². The van der Waals surface area contributed by atoms with Gasteiger partial charge in [0.2, 0.25) is 5.95 Å². The molecule has 0 radical (unpaired) electrons. The van der Waals surface area contributed by atoms with E-state index >= 15 is 0 Å². The summed E-state index contributed by atoms with van der Waals surface area (Å²) in [6, 6.07) is 66.8. The summed E-state index contributed by atoms with van der Waals surface area (Å²) < 4.78 is 3.51. The summed E-state index contributed by atoms with van der Waals surface area (Å²) in [6.07, 6.45) is 0. The second-order valence-corrected chi connectivity index (χ2v) is 16.3. The third-order valence-electron chi connectivity index (χ3n) is 12.3. The van der Waals surface area contributed by atoms with Crippen LogP contribution in [0.2, 0.25) is 0 Å². The van der Waals surface area contributed by atoms with Crippen LogP contribution in [0.4, 0.5) is 0 Å². The molecule has 0 aliphatic heterocycles. The molecule has 0 saturated carbocycles. The number of hydrogen-bond acceptors (Lipinski definition) is 5. The fourth-order valence-electron chi connectivity index (χ4n) is 10.00. The first kappa shape index (κ1) is 32.5.